The molecule has 162 valence electrons. The normalized spacial score (nSPS) is 12.3. The van der Waals surface area contributed by atoms with E-state index < -0.39 is 0 Å². The van der Waals surface area contributed by atoms with Gasteiger partial charge in [0.15, 0.2) is 11.5 Å². The average molecular weight is 428 g/mol. The van der Waals surface area contributed by atoms with Crippen LogP contribution < -0.4 is 14.8 Å². The SMILES string of the molecule is Cc1ccc(-c2nc3c(C)cccn3c2CC(=O)NCc2ccc3c(c2)OCO3)cc1C. The van der Waals surface area contributed by atoms with Crippen LogP contribution in [0.2, 0.25) is 0 Å². The van der Waals surface area contributed by atoms with Crippen LogP contribution in [0.4, 0.5) is 0 Å². The Hall–Kier alpha value is -3.80. The number of imidazole rings is 1. The van der Waals surface area contributed by atoms with E-state index >= 15 is 0 Å². The van der Waals surface area contributed by atoms with E-state index in [1.165, 1.54) is 11.1 Å². The molecule has 1 aliphatic rings. The molecule has 3 heterocycles. The molecule has 0 saturated carbocycles. The Labute approximate surface area is 186 Å². The number of hydrogen-bond acceptors (Lipinski definition) is 4. The summed E-state index contributed by atoms with van der Waals surface area (Å²) in [4.78, 5) is 17.9. The highest BCUT2D eigenvalue weighted by molar-refractivity contribution is 5.82. The van der Waals surface area contributed by atoms with Crippen LogP contribution in [0.5, 0.6) is 11.5 Å². The van der Waals surface area contributed by atoms with E-state index in [1.54, 1.807) is 0 Å². The maximum Gasteiger partial charge on any atom is 0.231 e. The van der Waals surface area contributed by atoms with Crippen molar-refractivity contribution in [2.45, 2.75) is 33.7 Å². The second-order valence-electron chi connectivity index (χ2n) is 8.23. The molecular formula is C26H25N3O3. The first-order chi connectivity index (χ1) is 15.5. The molecule has 1 aliphatic heterocycles. The number of hydrogen-bond donors (Lipinski definition) is 1. The number of benzene rings is 2. The number of carbonyl (C=O) groups excluding carboxylic acids is 1. The van der Waals surface area contributed by atoms with Crippen molar-refractivity contribution >= 4 is 11.6 Å². The fourth-order valence-electron chi connectivity index (χ4n) is 4.01. The molecule has 0 radical (unpaired) electrons. The number of carbonyl (C=O) groups is 1. The van der Waals surface area contributed by atoms with E-state index in [-0.39, 0.29) is 19.1 Å². The molecular weight excluding hydrogens is 402 g/mol. The van der Waals surface area contributed by atoms with Crippen molar-refractivity contribution in [1.82, 2.24) is 14.7 Å². The number of amides is 1. The van der Waals surface area contributed by atoms with Crippen molar-refractivity contribution in [2.24, 2.45) is 0 Å². The maximum atomic E-state index is 12.9. The van der Waals surface area contributed by atoms with Gasteiger partial charge in [0.05, 0.1) is 17.8 Å². The maximum absolute atomic E-state index is 12.9. The van der Waals surface area contributed by atoms with Crippen molar-refractivity contribution in [3.63, 3.8) is 0 Å². The van der Waals surface area contributed by atoms with Gasteiger partial charge >= 0.3 is 0 Å². The summed E-state index contributed by atoms with van der Waals surface area (Å²) in [6.07, 6.45) is 2.21. The third-order valence-electron chi connectivity index (χ3n) is 5.98. The van der Waals surface area contributed by atoms with E-state index in [2.05, 4.69) is 37.4 Å². The summed E-state index contributed by atoms with van der Waals surface area (Å²) in [5.41, 5.74) is 8.10. The lowest BCUT2D eigenvalue weighted by molar-refractivity contribution is -0.120. The molecule has 0 unspecified atom stereocenters. The van der Waals surface area contributed by atoms with Crippen molar-refractivity contribution in [2.75, 3.05) is 6.79 Å². The minimum Gasteiger partial charge on any atom is -0.454 e. The topological polar surface area (TPSA) is 64.9 Å². The monoisotopic (exact) mass is 427 g/mol. The van der Waals surface area contributed by atoms with Crippen LogP contribution in [0.25, 0.3) is 16.9 Å². The highest BCUT2D eigenvalue weighted by Crippen LogP contribution is 2.32. The van der Waals surface area contributed by atoms with E-state index in [0.717, 1.165) is 39.5 Å². The van der Waals surface area contributed by atoms with Crippen LogP contribution in [0, 0.1) is 20.8 Å². The summed E-state index contributed by atoms with van der Waals surface area (Å²) in [7, 11) is 0. The summed E-state index contributed by atoms with van der Waals surface area (Å²) in [5.74, 6) is 1.39. The minimum atomic E-state index is -0.0592. The Morgan fingerprint density at radius 1 is 1.00 bits per heavy atom. The lowest BCUT2D eigenvalue weighted by atomic mass is 10.0. The first-order valence-electron chi connectivity index (χ1n) is 10.7. The van der Waals surface area contributed by atoms with Gasteiger partial charge in [-0.3, -0.25) is 4.79 Å². The third-order valence-corrected chi connectivity index (χ3v) is 5.98. The van der Waals surface area contributed by atoms with Crippen LogP contribution in [-0.2, 0) is 17.8 Å². The summed E-state index contributed by atoms with van der Waals surface area (Å²) in [6.45, 7) is 6.88. The van der Waals surface area contributed by atoms with Crippen LogP contribution in [0.15, 0.2) is 54.7 Å². The van der Waals surface area contributed by atoms with Gasteiger partial charge in [0.2, 0.25) is 12.7 Å². The largest absolute Gasteiger partial charge is 0.454 e. The fourth-order valence-corrected chi connectivity index (χ4v) is 4.01. The highest BCUT2D eigenvalue weighted by atomic mass is 16.7. The third kappa shape index (κ3) is 3.68. The zero-order valence-corrected chi connectivity index (χ0v) is 18.4. The Kier molecular flexibility index (Phi) is 5.05. The van der Waals surface area contributed by atoms with Crippen molar-refractivity contribution < 1.29 is 14.3 Å². The van der Waals surface area contributed by atoms with Crippen LogP contribution in [0.3, 0.4) is 0 Å². The van der Waals surface area contributed by atoms with E-state index in [4.69, 9.17) is 14.5 Å². The second kappa shape index (κ2) is 8.04. The van der Waals surface area contributed by atoms with Crippen LogP contribution >= 0.6 is 0 Å². The standard InChI is InChI=1S/C26H25N3O3/c1-16-6-8-20(11-18(16)3)25-21(29-10-4-5-17(2)26(29)28-25)13-24(30)27-14-19-7-9-22-23(12-19)32-15-31-22/h4-12H,13-15H2,1-3H3,(H,27,30). The molecule has 2 aromatic heterocycles. The number of nitrogens with one attached hydrogen (secondary N) is 1. The molecule has 1 amide bonds. The van der Waals surface area contributed by atoms with Gasteiger partial charge in [-0.25, -0.2) is 4.98 Å². The van der Waals surface area contributed by atoms with Gasteiger partial charge in [-0.1, -0.05) is 24.3 Å². The first-order valence-corrected chi connectivity index (χ1v) is 10.7. The molecule has 0 spiro atoms. The zero-order valence-electron chi connectivity index (χ0n) is 18.4. The van der Waals surface area contributed by atoms with E-state index in [9.17, 15) is 4.79 Å². The Balaban J connectivity index is 1.43. The van der Waals surface area contributed by atoms with Crippen LogP contribution in [-0.4, -0.2) is 22.1 Å². The van der Waals surface area contributed by atoms with Gasteiger partial charge in [-0.15, -0.1) is 0 Å². The van der Waals surface area contributed by atoms with Gasteiger partial charge < -0.3 is 19.2 Å². The van der Waals surface area contributed by atoms with Crippen molar-refractivity contribution in [1.29, 1.82) is 0 Å². The number of rotatable bonds is 5. The Morgan fingerprint density at radius 3 is 2.69 bits per heavy atom. The van der Waals surface area contributed by atoms with Gasteiger partial charge in [-0.05, 0) is 67.3 Å². The molecule has 32 heavy (non-hydrogen) atoms. The molecule has 1 N–H and O–H groups in total. The van der Waals surface area contributed by atoms with Crippen molar-refractivity contribution in [3.8, 4) is 22.8 Å². The number of aromatic nitrogens is 2. The number of nitrogens with zero attached hydrogens (tertiary/aromatic N) is 2. The number of ether oxygens (including phenoxy) is 2. The second-order valence-corrected chi connectivity index (χ2v) is 8.23. The number of fused-ring (bicyclic) bond motifs is 2. The molecule has 6 nitrogen and oxygen atoms in total. The smallest absolute Gasteiger partial charge is 0.231 e. The average Bonchev–Trinajstić information content (AvgIpc) is 3.39. The molecule has 0 atom stereocenters. The van der Waals surface area contributed by atoms with Gasteiger partial charge in [0.25, 0.3) is 0 Å². The molecule has 0 aliphatic carbocycles. The van der Waals surface area contributed by atoms with Crippen LogP contribution in [0.1, 0.15) is 27.9 Å². The predicted octanol–water partition coefficient (Wildman–Crippen LogP) is 4.51. The first kappa shape index (κ1) is 20.1. The molecule has 2 aromatic carbocycles. The number of pyridine rings is 1. The summed E-state index contributed by atoms with van der Waals surface area (Å²) in [5, 5.41) is 3.03. The molecule has 4 aromatic rings. The van der Waals surface area contributed by atoms with Crippen molar-refractivity contribution in [3.05, 3.63) is 82.7 Å². The molecule has 0 saturated heterocycles. The van der Waals surface area contributed by atoms with Gasteiger partial charge in [-0.2, -0.15) is 0 Å². The highest BCUT2D eigenvalue weighted by Gasteiger charge is 2.19. The molecule has 5 rings (SSSR count). The Bertz CT molecular complexity index is 1340. The van der Waals surface area contributed by atoms with E-state index in [0.29, 0.717) is 12.3 Å². The van der Waals surface area contributed by atoms with Gasteiger partial charge in [0.1, 0.15) is 5.65 Å². The lowest BCUT2D eigenvalue weighted by Gasteiger charge is -2.09. The molecule has 0 bridgehead atoms. The summed E-state index contributed by atoms with van der Waals surface area (Å²) >= 11 is 0. The number of aryl methyl sites for hydroxylation is 3. The van der Waals surface area contributed by atoms with E-state index in [1.807, 2.05) is 47.9 Å². The molecule has 6 heteroatoms. The van der Waals surface area contributed by atoms with Gasteiger partial charge in [0, 0.05) is 18.3 Å². The summed E-state index contributed by atoms with van der Waals surface area (Å²) in [6, 6.07) is 16.1. The fraction of sp³-hybridized carbons (Fsp3) is 0.231. The predicted molar refractivity (Wildman–Crippen MR) is 123 cm³/mol. The lowest BCUT2D eigenvalue weighted by Crippen LogP contribution is -2.25. The quantitative estimate of drug-likeness (QED) is 0.509. The zero-order chi connectivity index (χ0) is 22.2. The summed E-state index contributed by atoms with van der Waals surface area (Å²) < 4.78 is 12.8. The Morgan fingerprint density at radius 2 is 1.84 bits per heavy atom. The minimum absolute atomic E-state index is 0.0592. The molecule has 0 fully saturated rings.